The van der Waals surface area contributed by atoms with E-state index in [1.807, 2.05) is 6.92 Å². The van der Waals surface area contributed by atoms with Crippen LogP contribution >= 0.6 is 0 Å². The van der Waals surface area contributed by atoms with Crippen LogP contribution in [0, 0.1) is 0 Å². The second-order valence-electron chi connectivity index (χ2n) is 3.06. The van der Waals surface area contributed by atoms with E-state index in [2.05, 4.69) is 10.1 Å². The summed E-state index contributed by atoms with van der Waals surface area (Å²) in [6, 6.07) is 5.10. The summed E-state index contributed by atoms with van der Waals surface area (Å²) in [7, 11) is 1.35. The maximum Gasteiger partial charge on any atom is 0.339 e. The van der Waals surface area contributed by atoms with E-state index in [9.17, 15) is 4.79 Å². The van der Waals surface area contributed by atoms with E-state index in [0.717, 1.165) is 5.56 Å². The predicted molar refractivity (Wildman–Crippen MR) is 57.9 cm³/mol. The molecule has 0 aromatic heterocycles. The number of hydrogen-bond acceptors (Lipinski definition) is 4. The van der Waals surface area contributed by atoms with Crippen molar-refractivity contribution >= 4 is 11.7 Å². The average Bonchev–Trinajstić information content (AvgIpc) is 2.28. The molecule has 0 saturated heterocycles. The first-order chi connectivity index (χ1) is 7.22. The highest BCUT2D eigenvalue weighted by Gasteiger charge is 2.11. The summed E-state index contributed by atoms with van der Waals surface area (Å²) in [5, 5.41) is 12.0. The van der Waals surface area contributed by atoms with Gasteiger partial charge in [0, 0.05) is 12.2 Å². The normalized spacial score (nSPS) is 9.80. The monoisotopic (exact) mass is 209 g/mol. The Labute approximate surface area is 88.9 Å². The number of benzene rings is 1. The molecule has 4 heteroatoms. The van der Waals surface area contributed by atoms with Crippen molar-refractivity contribution in [3.05, 3.63) is 29.3 Å². The van der Waals surface area contributed by atoms with Gasteiger partial charge in [0.1, 0.15) is 0 Å². The molecule has 0 aliphatic rings. The average molecular weight is 209 g/mol. The Morgan fingerprint density at radius 1 is 1.53 bits per heavy atom. The predicted octanol–water partition coefficient (Wildman–Crippen LogP) is 1.40. The molecular formula is C11H15NO3. The molecule has 1 aromatic rings. The Kier molecular flexibility index (Phi) is 4.12. The zero-order chi connectivity index (χ0) is 11.3. The molecule has 0 spiro atoms. The minimum Gasteiger partial charge on any atom is -0.465 e. The highest BCUT2D eigenvalue weighted by Crippen LogP contribution is 2.18. The van der Waals surface area contributed by atoms with Gasteiger partial charge >= 0.3 is 5.97 Å². The molecule has 2 N–H and O–H groups in total. The molecule has 0 aliphatic carbocycles. The summed E-state index contributed by atoms with van der Waals surface area (Å²) < 4.78 is 4.66. The van der Waals surface area contributed by atoms with E-state index in [1.165, 1.54) is 7.11 Å². The van der Waals surface area contributed by atoms with Gasteiger partial charge in [0.25, 0.3) is 0 Å². The van der Waals surface area contributed by atoms with Crippen LogP contribution in [0.15, 0.2) is 18.2 Å². The van der Waals surface area contributed by atoms with Crippen molar-refractivity contribution in [2.24, 2.45) is 0 Å². The molecule has 0 heterocycles. The molecule has 0 atom stereocenters. The van der Waals surface area contributed by atoms with Crippen molar-refractivity contribution in [2.75, 3.05) is 19.0 Å². The molecule has 0 bridgehead atoms. The lowest BCUT2D eigenvalue weighted by Gasteiger charge is -2.10. The lowest BCUT2D eigenvalue weighted by atomic mass is 10.1. The first-order valence-corrected chi connectivity index (χ1v) is 4.78. The molecule has 0 amide bonds. The van der Waals surface area contributed by atoms with Crippen molar-refractivity contribution in [3.8, 4) is 0 Å². The third kappa shape index (κ3) is 2.70. The molecule has 82 valence electrons. The van der Waals surface area contributed by atoms with Gasteiger partial charge in [0.2, 0.25) is 0 Å². The molecule has 1 aromatic carbocycles. The number of rotatable bonds is 4. The molecule has 15 heavy (non-hydrogen) atoms. The first kappa shape index (κ1) is 11.5. The second-order valence-corrected chi connectivity index (χ2v) is 3.06. The van der Waals surface area contributed by atoms with Gasteiger partial charge in [-0.2, -0.15) is 0 Å². The number of anilines is 1. The Morgan fingerprint density at radius 2 is 2.27 bits per heavy atom. The van der Waals surface area contributed by atoms with Crippen LogP contribution < -0.4 is 5.32 Å². The van der Waals surface area contributed by atoms with E-state index in [4.69, 9.17) is 5.11 Å². The Balaban J connectivity index is 3.08. The summed E-state index contributed by atoms with van der Waals surface area (Å²) in [5.74, 6) is -0.379. The van der Waals surface area contributed by atoms with Crippen LogP contribution in [0.1, 0.15) is 22.8 Å². The minimum absolute atomic E-state index is 0.0418. The van der Waals surface area contributed by atoms with Gasteiger partial charge in [-0.25, -0.2) is 4.79 Å². The number of methoxy groups -OCH3 is 1. The van der Waals surface area contributed by atoms with Gasteiger partial charge in [-0.05, 0) is 24.6 Å². The van der Waals surface area contributed by atoms with Crippen LogP contribution in [-0.2, 0) is 11.3 Å². The van der Waals surface area contributed by atoms with E-state index in [0.29, 0.717) is 17.8 Å². The molecule has 1 rings (SSSR count). The van der Waals surface area contributed by atoms with Gasteiger partial charge in [-0.1, -0.05) is 6.07 Å². The number of carbonyl (C=O) groups is 1. The van der Waals surface area contributed by atoms with Gasteiger partial charge in [0.15, 0.2) is 0 Å². The number of ether oxygens (including phenoxy) is 1. The van der Waals surface area contributed by atoms with Crippen LogP contribution in [0.2, 0.25) is 0 Å². The smallest absolute Gasteiger partial charge is 0.339 e. The number of aliphatic hydroxyl groups is 1. The van der Waals surface area contributed by atoms with Crippen LogP contribution in [0.4, 0.5) is 5.69 Å². The fraction of sp³-hybridized carbons (Fsp3) is 0.364. The Bertz CT molecular complexity index is 350. The third-order valence-corrected chi connectivity index (χ3v) is 2.04. The topological polar surface area (TPSA) is 58.6 Å². The highest BCUT2D eigenvalue weighted by atomic mass is 16.5. The SMILES string of the molecule is CCNc1cc(CO)ccc1C(=O)OC. The molecule has 0 fully saturated rings. The fourth-order valence-corrected chi connectivity index (χ4v) is 1.31. The number of carbonyl (C=O) groups excluding carboxylic acids is 1. The second kappa shape index (κ2) is 5.36. The molecule has 0 radical (unpaired) electrons. The number of aliphatic hydroxyl groups excluding tert-OH is 1. The highest BCUT2D eigenvalue weighted by molar-refractivity contribution is 5.95. The number of nitrogens with one attached hydrogen (secondary N) is 1. The lowest BCUT2D eigenvalue weighted by molar-refractivity contribution is 0.0602. The van der Waals surface area contributed by atoms with Gasteiger partial charge in [-0.15, -0.1) is 0 Å². The third-order valence-electron chi connectivity index (χ3n) is 2.04. The number of hydrogen-bond donors (Lipinski definition) is 2. The quantitative estimate of drug-likeness (QED) is 0.736. The van der Waals surface area contributed by atoms with Gasteiger partial charge < -0.3 is 15.2 Å². The van der Waals surface area contributed by atoms with Crippen LogP contribution in [0.25, 0.3) is 0 Å². The Morgan fingerprint density at radius 3 is 2.80 bits per heavy atom. The first-order valence-electron chi connectivity index (χ1n) is 4.78. The maximum absolute atomic E-state index is 11.4. The molecule has 0 saturated carbocycles. The molecule has 4 nitrogen and oxygen atoms in total. The zero-order valence-corrected chi connectivity index (χ0v) is 8.91. The van der Waals surface area contributed by atoms with Crippen LogP contribution in [0.5, 0.6) is 0 Å². The Hall–Kier alpha value is -1.55. The summed E-state index contributed by atoms with van der Waals surface area (Å²) in [5.41, 5.74) is 1.94. The van der Waals surface area contributed by atoms with Crippen molar-refractivity contribution in [1.29, 1.82) is 0 Å². The summed E-state index contributed by atoms with van der Waals surface area (Å²) in [4.78, 5) is 11.4. The molecular weight excluding hydrogens is 194 g/mol. The maximum atomic E-state index is 11.4. The van der Waals surface area contributed by atoms with Crippen LogP contribution in [-0.4, -0.2) is 24.7 Å². The fourth-order valence-electron chi connectivity index (χ4n) is 1.31. The number of esters is 1. The molecule has 0 unspecified atom stereocenters. The van der Waals surface area contributed by atoms with Gasteiger partial charge in [0.05, 0.1) is 19.3 Å². The largest absolute Gasteiger partial charge is 0.465 e. The zero-order valence-electron chi connectivity index (χ0n) is 8.91. The van der Waals surface area contributed by atoms with E-state index < -0.39 is 0 Å². The standard InChI is InChI=1S/C11H15NO3/c1-3-12-10-6-8(7-13)4-5-9(10)11(14)15-2/h4-6,12-13H,3,7H2,1-2H3. The van der Waals surface area contributed by atoms with Crippen molar-refractivity contribution in [3.63, 3.8) is 0 Å². The molecule has 0 aliphatic heterocycles. The lowest BCUT2D eigenvalue weighted by Crippen LogP contribution is -2.08. The van der Waals surface area contributed by atoms with E-state index >= 15 is 0 Å². The van der Waals surface area contributed by atoms with E-state index in [1.54, 1.807) is 18.2 Å². The van der Waals surface area contributed by atoms with Gasteiger partial charge in [-0.3, -0.25) is 0 Å². The summed E-state index contributed by atoms with van der Waals surface area (Å²) in [6.07, 6.45) is 0. The summed E-state index contributed by atoms with van der Waals surface area (Å²) in [6.45, 7) is 2.60. The van der Waals surface area contributed by atoms with E-state index in [-0.39, 0.29) is 12.6 Å². The van der Waals surface area contributed by atoms with Crippen molar-refractivity contribution in [2.45, 2.75) is 13.5 Å². The minimum atomic E-state index is -0.379. The summed E-state index contributed by atoms with van der Waals surface area (Å²) >= 11 is 0. The van der Waals surface area contributed by atoms with Crippen molar-refractivity contribution < 1.29 is 14.6 Å². The van der Waals surface area contributed by atoms with Crippen molar-refractivity contribution in [1.82, 2.24) is 0 Å². The van der Waals surface area contributed by atoms with Crippen LogP contribution in [0.3, 0.4) is 0 Å².